The maximum atomic E-state index is 12.1. The first-order chi connectivity index (χ1) is 8.85. The molecule has 1 fully saturated rings. The van der Waals surface area contributed by atoms with Crippen LogP contribution in [-0.2, 0) is 4.79 Å². The summed E-state index contributed by atoms with van der Waals surface area (Å²) < 4.78 is 0. The topological polar surface area (TPSA) is 124 Å². The molecule has 19 heavy (non-hydrogen) atoms. The van der Waals surface area contributed by atoms with E-state index in [9.17, 15) is 19.8 Å². The molecular formula is C12H14N2O5. The van der Waals surface area contributed by atoms with Crippen LogP contribution in [0.5, 0.6) is 11.5 Å². The predicted octanol–water partition coefficient (Wildman–Crippen LogP) is -0.274. The predicted molar refractivity (Wildman–Crippen MR) is 64.8 cm³/mol. The standard InChI is InChI=1S/C12H14N2O5/c13-12(11(18)19)4-5-14(6-12)10(17)7-2-1-3-8(15)9(7)16/h1-3,15-16H,4-6,13H2,(H,18,19). The van der Waals surface area contributed by atoms with E-state index in [1.165, 1.54) is 23.1 Å². The molecule has 1 aliphatic heterocycles. The normalized spacial score (nSPS) is 22.5. The number of hydrogen-bond donors (Lipinski definition) is 4. The maximum absolute atomic E-state index is 12.1. The number of carboxylic acids is 1. The number of aromatic hydroxyl groups is 2. The molecule has 2 rings (SSSR count). The second-order valence-corrected chi connectivity index (χ2v) is 4.61. The highest BCUT2D eigenvalue weighted by molar-refractivity contribution is 5.98. The fourth-order valence-corrected chi connectivity index (χ4v) is 2.06. The highest BCUT2D eigenvalue weighted by Gasteiger charge is 2.43. The van der Waals surface area contributed by atoms with Gasteiger partial charge in [0.1, 0.15) is 5.54 Å². The van der Waals surface area contributed by atoms with Crippen LogP contribution in [-0.4, -0.2) is 50.7 Å². The average molecular weight is 266 g/mol. The average Bonchev–Trinajstić information content (AvgIpc) is 2.76. The Morgan fingerprint density at radius 2 is 2.00 bits per heavy atom. The minimum atomic E-state index is -1.46. The van der Waals surface area contributed by atoms with Crippen molar-refractivity contribution in [1.82, 2.24) is 4.90 Å². The van der Waals surface area contributed by atoms with Gasteiger partial charge in [0, 0.05) is 13.1 Å². The largest absolute Gasteiger partial charge is 0.504 e. The third-order valence-corrected chi connectivity index (χ3v) is 3.26. The van der Waals surface area contributed by atoms with Gasteiger partial charge in [-0.1, -0.05) is 6.07 Å². The van der Waals surface area contributed by atoms with E-state index in [0.717, 1.165) is 0 Å². The number of rotatable bonds is 2. The first-order valence-corrected chi connectivity index (χ1v) is 5.67. The van der Waals surface area contributed by atoms with Crippen molar-refractivity contribution in [2.24, 2.45) is 5.73 Å². The van der Waals surface area contributed by atoms with Crippen molar-refractivity contribution in [3.63, 3.8) is 0 Å². The van der Waals surface area contributed by atoms with Crippen LogP contribution in [0.3, 0.4) is 0 Å². The molecule has 0 aromatic heterocycles. The van der Waals surface area contributed by atoms with Gasteiger partial charge in [-0.15, -0.1) is 0 Å². The Bertz CT molecular complexity index is 545. The van der Waals surface area contributed by atoms with E-state index in [2.05, 4.69) is 0 Å². The molecule has 1 aromatic carbocycles. The van der Waals surface area contributed by atoms with Gasteiger partial charge in [0.2, 0.25) is 0 Å². The summed E-state index contributed by atoms with van der Waals surface area (Å²) in [6, 6.07) is 4.03. The zero-order chi connectivity index (χ0) is 14.2. The van der Waals surface area contributed by atoms with E-state index in [4.69, 9.17) is 10.8 Å². The van der Waals surface area contributed by atoms with Gasteiger partial charge in [0.25, 0.3) is 5.91 Å². The summed E-state index contributed by atoms with van der Waals surface area (Å²) in [6.45, 7) is 0.0625. The molecule has 0 saturated carbocycles. The van der Waals surface area contributed by atoms with E-state index in [0.29, 0.717) is 0 Å². The second-order valence-electron chi connectivity index (χ2n) is 4.61. The fraction of sp³-hybridized carbons (Fsp3) is 0.333. The number of carboxylic acid groups (broad SMARTS) is 1. The van der Waals surface area contributed by atoms with E-state index in [-0.39, 0.29) is 25.1 Å². The van der Waals surface area contributed by atoms with Gasteiger partial charge in [-0.3, -0.25) is 9.59 Å². The van der Waals surface area contributed by atoms with E-state index in [1.54, 1.807) is 0 Å². The number of aliphatic carboxylic acids is 1. The number of hydrogen-bond acceptors (Lipinski definition) is 5. The van der Waals surface area contributed by atoms with Gasteiger partial charge in [0.15, 0.2) is 11.5 Å². The molecule has 0 aliphatic carbocycles. The Morgan fingerprint density at radius 1 is 1.32 bits per heavy atom. The molecule has 1 amide bonds. The van der Waals surface area contributed by atoms with Crippen molar-refractivity contribution in [1.29, 1.82) is 0 Å². The van der Waals surface area contributed by atoms with Crippen molar-refractivity contribution >= 4 is 11.9 Å². The molecule has 1 aromatic rings. The summed E-state index contributed by atoms with van der Waals surface area (Å²) in [4.78, 5) is 24.4. The van der Waals surface area contributed by atoms with Gasteiger partial charge < -0.3 is 26.0 Å². The smallest absolute Gasteiger partial charge is 0.325 e. The van der Waals surface area contributed by atoms with Crippen molar-refractivity contribution in [2.45, 2.75) is 12.0 Å². The van der Waals surface area contributed by atoms with Crippen LogP contribution in [0.2, 0.25) is 0 Å². The summed E-state index contributed by atoms with van der Waals surface area (Å²) in [5.41, 5.74) is 4.14. The van der Waals surface area contributed by atoms with Crippen LogP contribution in [0.4, 0.5) is 0 Å². The molecule has 7 nitrogen and oxygen atoms in total. The number of likely N-dealkylation sites (tertiary alicyclic amines) is 1. The number of carbonyl (C=O) groups is 2. The molecule has 7 heteroatoms. The van der Waals surface area contributed by atoms with Crippen LogP contribution in [0.15, 0.2) is 18.2 Å². The van der Waals surface area contributed by atoms with E-state index in [1.807, 2.05) is 0 Å². The fourth-order valence-electron chi connectivity index (χ4n) is 2.06. The lowest BCUT2D eigenvalue weighted by atomic mass is 10.0. The number of benzene rings is 1. The summed E-state index contributed by atoms with van der Waals surface area (Å²) in [6.07, 6.45) is 0.146. The number of amides is 1. The van der Waals surface area contributed by atoms with E-state index >= 15 is 0 Å². The van der Waals surface area contributed by atoms with Gasteiger partial charge in [-0.2, -0.15) is 0 Å². The molecule has 5 N–H and O–H groups in total. The summed E-state index contributed by atoms with van der Waals surface area (Å²) in [5, 5.41) is 28.0. The number of nitrogens with zero attached hydrogens (tertiary/aromatic N) is 1. The van der Waals surface area contributed by atoms with Gasteiger partial charge in [0.05, 0.1) is 5.56 Å². The third kappa shape index (κ3) is 2.19. The lowest BCUT2D eigenvalue weighted by molar-refractivity contribution is -0.142. The monoisotopic (exact) mass is 266 g/mol. The lowest BCUT2D eigenvalue weighted by Crippen LogP contribution is -2.50. The molecular weight excluding hydrogens is 252 g/mol. The number of nitrogens with two attached hydrogens (primary N) is 1. The number of phenolic OH excluding ortho intramolecular Hbond substituents is 2. The SMILES string of the molecule is NC1(C(=O)O)CCN(C(=O)c2cccc(O)c2O)C1. The van der Waals surface area contributed by atoms with Crippen LogP contribution >= 0.6 is 0 Å². The van der Waals surface area contributed by atoms with Gasteiger partial charge in [-0.25, -0.2) is 0 Å². The maximum Gasteiger partial charge on any atom is 0.325 e. The van der Waals surface area contributed by atoms with Crippen LogP contribution in [0, 0.1) is 0 Å². The minimum absolute atomic E-state index is 0.0744. The van der Waals surface area contributed by atoms with Crippen LogP contribution in [0.25, 0.3) is 0 Å². The molecule has 1 heterocycles. The van der Waals surface area contributed by atoms with Crippen LogP contribution < -0.4 is 5.73 Å². The molecule has 1 aliphatic rings. The zero-order valence-corrected chi connectivity index (χ0v) is 10.0. The highest BCUT2D eigenvalue weighted by atomic mass is 16.4. The number of phenols is 2. The zero-order valence-electron chi connectivity index (χ0n) is 10.0. The van der Waals surface area contributed by atoms with Gasteiger partial charge in [-0.05, 0) is 18.6 Å². The Labute approximate surface area is 108 Å². The molecule has 0 radical (unpaired) electrons. The first kappa shape index (κ1) is 13.2. The Hall–Kier alpha value is -2.28. The number of carbonyl (C=O) groups excluding carboxylic acids is 1. The third-order valence-electron chi connectivity index (χ3n) is 3.26. The van der Waals surface area contributed by atoms with Crippen molar-refractivity contribution < 1.29 is 24.9 Å². The quantitative estimate of drug-likeness (QED) is 0.546. The molecule has 102 valence electrons. The molecule has 1 saturated heterocycles. The molecule has 0 spiro atoms. The Balaban J connectivity index is 2.23. The number of para-hydroxylation sites is 1. The van der Waals surface area contributed by atoms with Crippen LogP contribution in [0.1, 0.15) is 16.8 Å². The van der Waals surface area contributed by atoms with Crippen molar-refractivity contribution in [3.8, 4) is 11.5 Å². The Morgan fingerprint density at radius 3 is 2.58 bits per heavy atom. The molecule has 1 unspecified atom stereocenters. The van der Waals surface area contributed by atoms with E-state index < -0.39 is 28.9 Å². The summed E-state index contributed by atoms with van der Waals surface area (Å²) in [7, 11) is 0. The van der Waals surface area contributed by atoms with Gasteiger partial charge >= 0.3 is 5.97 Å². The minimum Gasteiger partial charge on any atom is -0.504 e. The van der Waals surface area contributed by atoms with Crippen molar-refractivity contribution in [2.75, 3.05) is 13.1 Å². The Kier molecular flexibility index (Phi) is 3.07. The highest BCUT2D eigenvalue weighted by Crippen LogP contribution is 2.30. The molecule has 1 atom stereocenters. The second kappa shape index (κ2) is 4.43. The first-order valence-electron chi connectivity index (χ1n) is 5.67. The molecule has 0 bridgehead atoms. The summed E-state index contributed by atoms with van der Waals surface area (Å²) >= 11 is 0. The lowest BCUT2D eigenvalue weighted by Gasteiger charge is -2.20. The summed E-state index contributed by atoms with van der Waals surface area (Å²) in [5.74, 6) is -2.63. The van der Waals surface area contributed by atoms with Crippen molar-refractivity contribution in [3.05, 3.63) is 23.8 Å².